The zero-order chi connectivity index (χ0) is 25.3. The zero-order valence-electron chi connectivity index (χ0n) is 19.3. The molecule has 1 saturated heterocycles. The van der Waals surface area contributed by atoms with Gasteiger partial charge in [0.15, 0.2) is 0 Å². The lowest BCUT2D eigenvalue weighted by Crippen LogP contribution is -2.38. The van der Waals surface area contributed by atoms with Crippen LogP contribution in [0, 0.1) is 5.82 Å². The Morgan fingerprint density at radius 3 is 2.39 bits per heavy atom. The molecule has 1 aliphatic heterocycles. The summed E-state index contributed by atoms with van der Waals surface area (Å²) in [5, 5.41) is 0. The van der Waals surface area contributed by atoms with Gasteiger partial charge in [0.05, 0.1) is 30.0 Å². The molecule has 0 radical (unpaired) electrons. The van der Waals surface area contributed by atoms with Crippen molar-refractivity contribution in [2.75, 3.05) is 31.2 Å². The molecule has 1 aromatic heterocycles. The lowest BCUT2D eigenvalue weighted by molar-refractivity contribution is -0.137. The van der Waals surface area contributed by atoms with Gasteiger partial charge in [-0.15, -0.1) is 0 Å². The number of morpholine rings is 1. The van der Waals surface area contributed by atoms with E-state index in [-0.39, 0.29) is 35.3 Å². The number of halogens is 4. The minimum atomic E-state index is -4.43. The van der Waals surface area contributed by atoms with Crippen LogP contribution >= 0.6 is 0 Å². The lowest BCUT2D eigenvalue weighted by atomic mass is 10.0. The summed E-state index contributed by atoms with van der Waals surface area (Å²) in [6.45, 7) is 2.31. The first kappa shape index (κ1) is 24.2. The molecule has 10 heteroatoms. The first-order valence-corrected chi connectivity index (χ1v) is 11.7. The summed E-state index contributed by atoms with van der Waals surface area (Å²) in [6, 6.07) is 10.8. The summed E-state index contributed by atoms with van der Waals surface area (Å²) in [4.78, 5) is 26.3. The first-order valence-electron chi connectivity index (χ1n) is 11.7. The van der Waals surface area contributed by atoms with Gasteiger partial charge in [-0.1, -0.05) is 24.3 Å². The molecule has 1 amide bonds. The van der Waals surface area contributed by atoms with Gasteiger partial charge < -0.3 is 14.5 Å². The first-order chi connectivity index (χ1) is 17.3. The van der Waals surface area contributed by atoms with Crippen molar-refractivity contribution in [3.63, 3.8) is 0 Å². The van der Waals surface area contributed by atoms with Crippen LogP contribution in [0.5, 0.6) is 0 Å². The van der Waals surface area contributed by atoms with Crippen molar-refractivity contribution in [2.24, 2.45) is 0 Å². The van der Waals surface area contributed by atoms with Gasteiger partial charge in [-0.05, 0) is 42.7 Å². The molecule has 0 spiro atoms. The van der Waals surface area contributed by atoms with E-state index in [2.05, 4.69) is 9.97 Å². The highest BCUT2D eigenvalue weighted by Gasteiger charge is 2.35. The Kier molecular flexibility index (Phi) is 6.61. The van der Waals surface area contributed by atoms with Crippen molar-refractivity contribution in [2.45, 2.75) is 31.6 Å². The molecule has 3 aromatic rings. The molecular formula is C26H24F4N4O2. The van der Waals surface area contributed by atoms with Crippen LogP contribution in [-0.4, -0.2) is 53.1 Å². The normalized spacial score (nSPS) is 16.2. The van der Waals surface area contributed by atoms with Crippen molar-refractivity contribution in [3.05, 3.63) is 77.2 Å². The topological polar surface area (TPSA) is 58.6 Å². The molecule has 0 atom stereocenters. The van der Waals surface area contributed by atoms with Gasteiger partial charge in [0.25, 0.3) is 5.91 Å². The lowest BCUT2D eigenvalue weighted by Gasteiger charge is -2.28. The molecule has 2 heterocycles. The third kappa shape index (κ3) is 5.18. The van der Waals surface area contributed by atoms with E-state index in [0.29, 0.717) is 37.8 Å². The number of aromatic nitrogens is 2. The highest BCUT2D eigenvalue weighted by molar-refractivity contribution is 6.00. The third-order valence-electron chi connectivity index (χ3n) is 6.31. The standard InChI is InChI=1S/C26H24F4N4O2/c27-22-4-2-1-3-20(22)23-21(15-31-25(32-23)33-11-13-36-14-12-33)24(35)34(19-9-10-19)16-17-5-7-18(8-6-17)26(28,29)30/h1-8,15,19H,9-14,16H2. The third-order valence-corrected chi connectivity index (χ3v) is 6.31. The van der Waals surface area contributed by atoms with Crippen molar-refractivity contribution < 1.29 is 27.1 Å². The van der Waals surface area contributed by atoms with Crippen LogP contribution < -0.4 is 4.90 Å². The Balaban J connectivity index is 1.49. The summed E-state index contributed by atoms with van der Waals surface area (Å²) in [6.07, 6.45) is -1.44. The van der Waals surface area contributed by atoms with Gasteiger partial charge >= 0.3 is 6.18 Å². The molecule has 0 bridgehead atoms. The molecule has 6 nitrogen and oxygen atoms in total. The Labute approximate surface area is 205 Å². The van der Waals surface area contributed by atoms with E-state index in [1.807, 2.05) is 4.90 Å². The van der Waals surface area contributed by atoms with Crippen LogP contribution in [0.25, 0.3) is 11.3 Å². The summed E-state index contributed by atoms with van der Waals surface area (Å²) >= 11 is 0. The number of anilines is 1. The maximum Gasteiger partial charge on any atom is 0.416 e. The number of hydrogen-bond donors (Lipinski definition) is 0. The van der Waals surface area contributed by atoms with Gasteiger partial charge in [0.1, 0.15) is 5.82 Å². The number of benzene rings is 2. The quantitative estimate of drug-likeness (QED) is 0.449. The summed E-state index contributed by atoms with van der Waals surface area (Å²) in [5.74, 6) is -0.517. The van der Waals surface area contributed by atoms with Crippen LogP contribution in [0.4, 0.5) is 23.5 Å². The molecule has 188 valence electrons. The van der Waals surface area contributed by atoms with Gasteiger partial charge in [0, 0.05) is 37.4 Å². The average molecular weight is 500 g/mol. The second kappa shape index (κ2) is 9.85. The minimum Gasteiger partial charge on any atom is -0.378 e. The molecule has 2 aliphatic rings. The van der Waals surface area contributed by atoms with Gasteiger partial charge in [0.2, 0.25) is 5.95 Å². The van der Waals surface area contributed by atoms with Crippen LogP contribution in [-0.2, 0) is 17.5 Å². The monoisotopic (exact) mass is 500 g/mol. The van der Waals surface area contributed by atoms with Gasteiger partial charge in [-0.2, -0.15) is 13.2 Å². The number of alkyl halides is 3. The van der Waals surface area contributed by atoms with E-state index in [9.17, 15) is 22.4 Å². The molecule has 2 fully saturated rings. The van der Waals surface area contributed by atoms with E-state index in [0.717, 1.165) is 25.0 Å². The summed E-state index contributed by atoms with van der Waals surface area (Å²) in [7, 11) is 0. The Hall–Kier alpha value is -3.53. The summed E-state index contributed by atoms with van der Waals surface area (Å²) in [5.41, 5.74) is 0.345. The number of nitrogens with zero attached hydrogens (tertiary/aromatic N) is 4. The fraction of sp³-hybridized carbons (Fsp3) is 0.346. The summed E-state index contributed by atoms with van der Waals surface area (Å²) < 4.78 is 59.1. The fourth-order valence-corrected chi connectivity index (χ4v) is 4.21. The van der Waals surface area contributed by atoms with Crippen molar-refractivity contribution >= 4 is 11.9 Å². The predicted molar refractivity (Wildman–Crippen MR) is 125 cm³/mol. The fourth-order valence-electron chi connectivity index (χ4n) is 4.21. The van der Waals surface area contributed by atoms with Crippen LogP contribution in [0.15, 0.2) is 54.7 Å². The second-order valence-electron chi connectivity index (χ2n) is 8.87. The molecule has 1 aliphatic carbocycles. The minimum absolute atomic E-state index is 0.0489. The SMILES string of the molecule is O=C(c1cnc(N2CCOCC2)nc1-c1ccccc1F)N(Cc1ccc(C(F)(F)F)cc1)C1CC1. The van der Waals surface area contributed by atoms with Crippen molar-refractivity contribution in [1.29, 1.82) is 0 Å². The maximum absolute atomic E-state index is 14.8. The van der Waals surface area contributed by atoms with E-state index >= 15 is 0 Å². The average Bonchev–Trinajstić information content (AvgIpc) is 3.73. The maximum atomic E-state index is 14.8. The van der Waals surface area contributed by atoms with Crippen molar-refractivity contribution in [1.82, 2.24) is 14.9 Å². The highest BCUT2D eigenvalue weighted by Crippen LogP contribution is 2.34. The van der Waals surface area contributed by atoms with E-state index in [4.69, 9.17) is 4.74 Å². The van der Waals surface area contributed by atoms with Gasteiger partial charge in [-0.3, -0.25) is 4.79 Å². The number of carbonyl (C=O) groups excluding carboxylic acids is 1. The van der Waals surface area contributed by atoms with E-state index in [1.165, 1.54) is 24.4 Å². The number of ether oxygens (including phenoxy) is 1. The molecule has 0 unspecified atom stereocenters. The molecule has 36 heavy (non-hydrogen) atoms. The second-order valence-corrected chi connectivity index (χ2v) is 8.87. The molecule has 0 N–H and O–H groups in total. The predicted octanol–water partition coefficient (Wildman–Crippen LogP) is 4.94. The highest BCUT2D eigenvalue weighted by atomic mass is 19.4. The Morgan fingerprint density at radius 2 is 1.75 bits per heavy atom. The number of carbonyl (C=O) groups is 1. The Bertz CT molecular complexity index is 1240. The molecular weight excluding hydrogens is 476 g/mol. The van der Waals surface area contributed by atoms with Crippen LogP contribution in [0.1, 0.15) is 34.3 Å². The zero-order valence-corrected chi connectivity index (χ0v) is 19.3. The van der Waals surface area contributed by atoms with E-state index < -0.39 is 17.6 Å². The largest absolute Gasteiger partial charge is 0.416 e. The molecule has 2 aromatic carbocycles. The molecule has 1 saturated carbocycles. The molecule has 5 rings (SSSR count). The van der Waals surface area contributed by atoms with Gasteiger partial charge in [-0.25, -0.2) is 14.4 Å². The van der Waals surface area contributed by atoms with Crippen LogP contribution in [0.3, 0.4) is 0 Å². The number of hydrogen-bond acceptors (Lipinski definition) is 5. The number of amides is 1. The van der Waals surface area contributed by atoms with E-state index in [1.54, 1.807) is 23.1 Å². The van der Waals surface area contributed by atoms with Crippen molar-refractivity contribution in [3.8, 4) is 11.3 Å². The Morgan fingerprint density at radius 1 is 1.06 bits per heavy atom. The smallest absolute Gasteiger partial charge is 0.378 e. The van der Waals surface area contributed by atoms with Crippen LogP contribution in [0.2, 0.25) is 0 Å². The number of rotatable bonds is 6.